The van der Waals surface area contributed by atoms with Crippen molar-refractivity contribution in [2.24, 2.45) is 5.10 Å². The molecule has 1 heterocycles. The van der Waals surface area contributed by atoms with Crippen LogP contribution >= 0.6 is 43.5 Å². The van der Waals surface area contributed by atoms with Gasteiger partial charge in [0.05, 0.1) is 30.3 Å². The summed E-state index contributed by atoms with van der Waals surface area (Å²) >= 11 is 13.4. The Hall–Kier alpha value is -2.43. The lowest BCUT2D eigenvalue weighted by molar-refractivity contribution is -0.150. The number of halogens is 3. The van der Waals surface area contributed by atoms with Crippen molar-refractivity contribution in [2.45, 2.75) is 33.8 Å². The van der Waals surface area contributed by atoms with Crippen LogP contribution in [-0.2, 0) is 9.53 Å². The topological polar surface area (TPSA) is 92.0 Å². The van der Waals surface area contributed by atoms with Crippen molar-refractivity contribution < 1.29 is 19.0 Å². The van der Waals surface area contributed by atoms with Gasteiger partial charge in [0.2, 0.25) is 0 Å². The molecule has 0 unspecified atom stereocenters. The van der Waals surface area contributed by atoms with Crippen LogP contribution in [-0.4, -0.2) is 41.2 Å². The van der Waals surface area contributed by atoms with Gasteiger partial charge < -0.3 is 14.2 Å². The fourth-order valence-corrected chi connectivity index (χ4v) is 4.08. The van der Waals surface area contributed by atoms with E-state index in [0.717, 1.165) is 4.47 Å². The molecule has 0 saturated carbocycles. The van der Waals surface area contributed by atoms with Gasteiger partial charge in [-0.25, -0.2) is 9.78 Å². The van der Waals surface area contributed by atoms with E-state index in [1.807, 2.05) is 13.0 Å². The van der Waals surface area contributed by atoms with E-state index in [-0.39, 0.29) is 22.9 Å². The summed E-state index contributed by atoms with van der Waals surface area (Å²) in [4.78, 5) is 29.5. The number of hydrogen-bond donors (Lipinski definition) is 0. The summed E-state index contributed by atoms with van der Waals surface area (Å²) in [7, 11) is 0. The van der Waals surface area contributed by atoms with E-state index in [9.17, 15) is 9.59 Å². The van der Waals surface area contributed by atoms with E-state index in [0.29, 0.717) is 39.1 Å². The molecule has 3 rings (SSSR count). The van der Waals surface area contributed by atoms with Crippen LogP contribution < -0.4 is 15.0 Å². The Morgan fingerprint density at radius 2 is 2.00 bits per heavy atom. The third-order valence-corrected chi connectivity index (χ3v) is 6.59. The van der Waals surface area contributed by atoms with Crippen LogP contribution in [0.5, 0.6) is 11.5 Å². The van der Waals surface area contributed by atoms with Crippen LogP contribution in [0.4, 0.5) is 0 Å². The van der Waals surface area contributed by atoms with Crippen LogP contribution in [0.1, 0.15) is 32.2 Å². The van der Waals surface area contributed by atoms with Crippen molar-refractivity contribution in [3.05, 3.63) is 60.0 Å². The van der Waals surface area contributed by atoms with Crippen LogP contribution in [0.3, 0.4) is 0 Å². The second-order valence-electron chi connectivity index (χ2n) is 7.05. The molecular formula is C23H22Br2ClN3O5. The highest BCUT2D eigenvalue weighted by Crippen LogP contribution is 2.42. The molecule has 0 fully saturated rings. The first-order valence-corrected chi connectivity index (χ1v) is 12.4. The van der Waals surface area contributed by atoms with Gasteiger partial charge in [0.25, 0.3) is 5.56 Å². The summed E-state index contributed by atoms with van der Waals surface area (Å²) in [5.41, 5.74) is 0.804. The Morgan fingerprint density at radius 3 is 2.68 bits per heavy atom. The number of aromatic nitrogens is 2. The van der Waals surface area contributed by atoms with Gasteiger partial charge in [0.1, 0.15) is 10.8 Å². The Kier molecular flexibility index (Phi) is 8.72. The maximum atomic E-state index is 13.0. The lowest BCUT2D eigenvalue weighted by Crippen LogP contribution is -2.26. The number of hydrogen-bond acceptors (Lipinski definition) is 7. The Morgan fingerprint density at radius 1 is 1.26 bits per heavy atom. The molecule has 2 aromatic carbocycles. The van der Waals surface area contributed by atoms with Crippen LogP contribution in [0, 0.1) is 6.92 Å². The minimum Gasteiger partial charge on any atom is -0.490 e. The molecule has 0 N–H and O–H groups in total. The van der Waals surface area contributed by atoms with E-state index >= 15 is 0 Å². The number of esters is 1. The van der Waals surface area contributed by atoms with Gasteiger partial charge in [-0.1, -0.05) is 27.5 Å². The molecule has 0 saturated heterocycles. The van der Waals surface area contributed by atoms with Gasteiger partial charge in [-0.3, -0.25) is 4.79 Å². The van der Waals surface area contributed by atoms with Crippen LogP contribution in [0.2, 0.25) is 5.02 Å². The Balaban J connectivity index is 2.04. The summed E-state index contributed by atoms with van der Waals surface area (Å²) in [6, 6.07) is 6.94. The van der Waals surface area contributed by atoms with E-state index in [1.165, 1.54) is 10.9 Å². The van der Waals surface area contributed by atoms with E-state index < -0.39 is 12.1 Å². The van der Waals surface area contributed by atoms with E-state index in [2.05, 4.69) is 41.9 Å². The predicted molar refractivity (Wildman–Crippen MR) is 138 cm³/mol. The molecule has 0 radical (unpaired) electrons. The molecule has 0 aliphatic heterocycles. The summed E-state index contributed by atoms with van der Waals surface area (Å²) in [5, 5.41) is 4.96. The van der Waals surface area contributed by atoms with Crippen molar-refractivity contribution in [1.29, 1.82) is 0 Å². The zero-order valence-corrected chi connectivity index (χ0v) is 22.8. The highest BCUT2D eigenvalue weighted by atomic mass is 79.9. The largest absolute Gasteiger partial charge is 0.490 e. The third kappa shape index (κ3) is 5.61. The zero-order chi connectivity index (χ0) is 25.0. The second kappa shape index (κ2) is 11.3. The lowest BCUT2D eigenvalue weighted by atomic mass is 10.2. The molecule has 0 bridgehead atoms. The fourth-order valence-electron chi connectivity index (χ4n) is 3.07. The quantitative estimate of drug-likeness (QED) is 0.246. The second-order valence-corrected chi connectivity index (χ2v) is 9.13. The first kappa shape index (κ1) is 26.2. The molecule has 1 aromatic heterocycles. The Bertz CT molecular complexity index is 1330. The molecule has 180 valence electrons. The number of rotatable bonds is 8. The molecule has 1 atom stereocenters. The number of benzene rings is 2. The van der Waals surface area contributed by atoms with E-state index in [4.69, 9.17) is 25.8 Å². The maximum absolute atomic E-state index is 13.0. The predicted octanol–water partition coefficient (Wildman–Crippen LogP) is 5.49. The number of carbonyl (C=O) groups is 1. The van der Waals surface area contributed by atoms with Gasteiger partial charge in [0.15, 0.2) is 17.6 Å². The molecular weight excluding hydrogens is 594 g/mol. The minimum atomic E-state index is -0.896. The monoisotopic (exact) mass is 613 g/mol. The molecule has 0 aliphatic rings. The fraction of sp³-hybridized carbons (Fsp3) is 0.304. The van der Waals surface area contributed by atoms with Gasteiger partial charge in [-0.2, -0.15) is 9.78 Å². The average Bonchev–Trinajstić information content (AvgIpc) is 2.80. The van der Waals surface area contributed by atoms with Crippen molar-refractivity contribution >= 4 is 66.5 Å². The highest BCUT2D eigenvalue weighted by Gasteiger charge is 2.23. The molecule has 11 heteroatoms. The smallest absolute Gasteiger partial charge is 0.347 e. The van der Waals surface area contributed by atoms with Crippen LogP contribution in [0.15, 0.2) is 43.1 Å². The van der Waals surface area contributed by atoms with Crippen molar-refractivity contribution in [3.8, 4) is 11.5 Å². The van der Waals surface area contributed by atoms with Crippen LogP contribution in [0.25, 0.3) is 10.9 Å². The summed E-state index contributed by atoms with van der Waals surface area (Å²) in [6.07, 6.45) is 0.573. The van der Waals surface area contributed by atoms with Gasteiger partial charge in [0, 0.05) is 14.5 Å². The number of ether oxygens (including phenoxy) is 3. The van der Waals surface area contributed by atoms with Gasteiger partial charge in [-0.15, -0.1) is 0 Å². The molecule has 0 aliphatic carbocycles. The van der Waals surface area contributed by atoms with E-state index in [1.54, 1.807) is 39.0 Å². The average molecular weight is 616 g/mol. The summed E-state index contributed by atoms with van der Waals surface area (Å²) in [5.74, 6) is 0.413. The summed E-state index contributed by atoms with van der Waals surface area (Å²) < 4.78 is 18.9. The molecule has 3 aromatic rings. The normalized spacial score (nSPS) is 12.2. The first-order chi connectivity index (χ1) is 16.2. The highest BCUT2D eigenvalue weighted by molar-refractivity contribution is 9.10. The molecule has 8 nitrogen and oxygen atoms in total. The van der Waals surface area contributed by atoms with Crippen molar-refractivity contribution in [1.82, 2.24) is 9.66 Å². The molecule has 0 spiro atoms. The maximum Gasteiger partial charge on any atom is 0.347 e. The first-order valence-electron chi connectivity index (χ1n) is 10.4. The summed E-state index contributed by atoms with van der Waals surface area (Å²) in [6.45, 7) is 7.35. The minimum absolute atomic E-state index is 0.188. The van der Waals surface area contributed by atoms with Crippen molar-refractivity contribution in [2.75, 3.05) is 13.2 Å². The van der Waals surface area contributed by atoms with Crippen molar-refractivity contribution in [3.63, 3.8) is 0 Å². The zero-order valence-electron chi connectivity index (χ0n) is 18.9. The third-order valence-electron chi connectivity index (χ3n) is 4.65. The SMILES string of the molecule is CCOC(=O)[C@@H](C)Oc1c(OCC)cc(C=Nn2c(C)nc3ccc(Br)cc3c2=O)c(Br)c1Cl. The number of carbonyl (C=O) groups excluding carboxylic acids is 1. The standard InChI is InChI=1S/C23H22Br2ClN3O5/c1-5-32-18-9-14(19(25)20(26)21(18)34-12(3)23(31)33-6-2)11-27-29-13(4)28-17-8-7-15(24)10-16(17)22(29)30/h7-12H,5-6H2,1-4H3/t12-/m1/s1. The molecule has 0 amide bonds. The molecule has 34 heavy (non-hydrogen) atoms. The van der Waals surface area contributed by atoms with Gasteiger partial charge >= 0.3 is 5.97 Å². The Labute approximate surface area is 218 Å². The lowest BCUT2D eigenvalue weighted by Gasteiger charge is -2.19. The van der Waals surface area contributed by atoms with Gasteiger partial charge in [-0.05, 0) is 67.9 Å². The number of fused-ring (bicyclic) bond motifs is 1. The number of aryl methyl sites for hydroxylation is 1. The number of nitrogens with zero attached hydrogens (tertiary/aromatic N) is 3.